The van der Waals surface area contributed by atoms with Crippen molar-refractivity contribution in [3.05, 3.63) is 85.0 Å². The number of anilines is 1. The summed E-state index contributed by atoms with van der Waals surface area (Å²) in [6.07, 6.45) is 1.52. The maximum absolute atomic E-state index is 13.4. The van der Waals surface area contributed by atoms with E-state index in [1.165, 1.54) is 22.2 Å². The summed E-state index contributed by atoms with van der Waals surface area (Å²) in [6.45, 7) is 7.71. The summed E-state index contributed by atoms with van der Waals surface area (Å²) in [5.74, 6) is -0.181. The number of hydrogen-bond acceptors (Lipinski definition) is 7. The van der Waals surface area contributed by atoms with Crippen molar-refractivity contribution in [3.8, 4) is 16.5 Å². The number of rotatable bonds is 5. The van der Waals surface area contributed by atoms with Crippen molar-refractivity contribution in [2.75, 3.05) is 5.32 Å². The molecule has 182 valence electrons. The third kappa shape index (κ3) is 4.03. The van der Waals surface area contributed by atoms with Crippen molar-refractivity contribution in [1.82, 2.24) is 29.3 Å². The Hall–Kier alpha value is -4.38. The van der Waals surface area contributed by atoms with Crippen molar-refractivity contribution >= 4 is 34.1 Å². The first-order valence-corrected chi connectivity index (χ1v) is 12.2. The van der Waals surface area contributed by atoms with Gasteiger partial charge in [-0.25, -0.2) is 9.97 Å². The first-order valence-electron chi connectivity index (χ1n) is 11.3. The fraction of sp³-hybridized carbons (Fsp3) is 0.200. The number of carbonyl (C=O) groups excluding carboxylic acids is 1. The van der Waals surface area contributed by atoms with Gasteiger partial charge < -0.3 is 9.88 Å². The first kappa shape index (κ1) is 23.4. The monoisotopic (exact) mass is 501 g/mol. The van der Waals surface area contributed by atoms with Gasteiger partial charge in [0.2, 0.25) is 11.4 Å². The molecule has 0 aliphatic rings. The Morgan fingerprint density at radius 2 is 1.94 bits per heavy atom. The maximum atomic E-state index is 13.4. The number of fused-ring (bicyclic) bond motifs is 1. The zero-order valence-corrected chi connectivity index (χ0v) is 20.9. The Balaban J connectivity index is 1.63. The predicted octanol–water partition coefficient (Wildman–Crippen LogP) is 3.59. The van der Waals surface area contributed by atoms with Crippen molar-refractivity contribution in [2.45, 2.75) is 34.2 Å². The summed E-state index contributed by atoms with van der Waals surface area (Å²) >= 11 is 1.49. The molecule has 0 aliphatic carbocycles. The van der Waals surface area contributed by atoms with E-state index in [0.29, 0.717) is 34.5 Å². The van der Waals surface area contributed by atoms with Gasteiger partial charge in [0, 0.05) is 35.8 Å². The van der Waals surface area contributed by atoms with Crippen LogP contribution in [0.5, 0.6) is 0 Å². The van der Waals surface area contributed by atoms with Crippen LogP contribution < -0.4 is 16.3 Å². The lowest BCUT2D eigenvalue weighted by atomic mass is 10.1. The molecular weight excluding hydrogens is 478 g/mol. The molecular formula is C25H23N7O3S. The molecule has 36 heavy (non-hydrogen) atoms. The summed E-state index contributed by atoms with van der Waals surface area (Å²) in [5.41, 5.74) is 2.19. The van der Waals surface area contributed by atoms with E-state index in [1.807, 2.05) is 31.4 Å². The highest BCUT2D eigenvalue weighted by molar-refractivity contribution is 7.13. The Bertz CT molecular complexity index is 1750. The average Bonchev–Trinajstić information content (AvgIpc) is 3.53. The fourth-order valence-corrected chi connectivity index (χ4v) is 4.53. The van der Waals surface area contributed by atoms with E-state index in [2.05, 4.69) is 25.4 Å². The largest absolute Gasteiger partial charge is 0.332 e. The lowest BCUT2D eigenvalue weighted by Gasteiger charge is -2.12. The van der Waals surface area contributed by atoms with Gasteiger partial charge >= 0.3 is 0 Å². The number of amides is 1. The molecule has 11 heteroatoms. The molecule has 0 aromatic carbocycles. The second-order valence-electron chi connectivity index (χ2n) is 8.34. The van der Waals surface area contributed by atoms with E-state index in [-0.39, 0.29) is 22.9 Å². The molecule has 5 heterocycles. The lowest BCUT2D eigenvalue weighted by molar-refractivity contribution is 0.102. The molecule has 0 saturated carbocycles. The Labute approximate surface area is 209 Å². The number of nitrogens with zero attached hydrogens (tertiary/aromatic N) is 5. The minimum absolute atomic E-state index is 0.0260. The number of hydrogen-bond donors (Lipinski definition) is 2. The number of pyridine rings is 2. The van der Waals surface area contributed by atoms with Crippen LogP contribution in [0.3, 0.4) is 0 Å². The SMILES string of the molecule is CCn1cc(C(=O)Nc2cc(-c3cccs3)nn2-c2nc(C)c(C)c(=O)[nH]2)c(=O)c2ccc(C)nc21. The van der Waals surface area contributed by atoms with Crippen LogP contribution in [0.1, 0.15) is 34.2 Å². The lowest BCUT2D eigenvalue weighted by Crippen LogP contribution is -2.26. The van der Waals surface area contributed by atoms with Gasteiger partial charge in [0.1, 0.15) is 22.7 Å². The topological polar surface area (TPSA) is 128 Å². The second-order valence-corrected chi connectivity index (χ2v) is 9.29. The minimum Gasteiger partial charge on any atom is -0.332 e. The van der Waals surface area contributed by atoms with Crippen LogP contribution in [0.25, 0.3) is 27.6 Å². The van der Waals surface area contributed by atoms with E-state index < -0.39 is 11.3 Å². The third-order valence-corrected chi connectivity index (χ3v) is 6.85. The summed E-state index contributed by atoms with van der Waals surface area (Å²) in [6, 6.07) is 8.91. The quantitative estimate of drug-likeness (QED) is 0.379. The molecule has 0 fully saturated rings. The highest BCUT2D eigenvalue weighted by Crippen LogP contribution is 2.27. The number of H-pyrrole nitrogens is 1. The van der Waals surface area contributed by atoms with Crippen LogP contribution in [-0.4, -0.2) is 35.2 Å². The number of aryl methyl sites for hydroxylation is 3. The zero-order chi connectivity index (χ0) is 25.6. The molecule has 0 spiro atoms. The van der Waals surface area contributed by atoms with Gasteiger partial charge in [0.25, 0.3) is 11.5 Å². The van der Waals surface area contributed by atoms with Crippen LogP contribution in [0.15, 0.2) is 51.5 Å². The Morgan fingerprint density at radius 3 is 2.64 bits per heavy atom. The maximum Gasteiger partial charge on any atom is 0.262 e. The summed E-state index contributed by atoms with van der Waals surface area (Å²) in [7, 11) is 0. The van der Waals surface area contributed by atoms with Crippen molar-refractivity contribution in [3.63, 3.8) is 0 Å². The fourth-order valence-electron chi connectivity index (χ4n) is 3.85. The average molecular weight is 502 g/mol. The van der Waals surface area contributed by atoms with Crippen LogP contribution in [0.4, 0.5) is 5.82 Å². The summed E-state index contributed by atoms with van der Waals surface area (Å²) < 4.78 is 3.14. The minimum atomic E-state index is -0.602. The van der Waals surface area contributed by atoms with Crippen molar-refractivity contribution < 1.29 is 4.79 Å². The molecule has 0 radical (unpaired) electrons. The highest BCUT2D eigenvalue weighted by Gasteiger charge is 2.21. The summed E-state index contributed by atoms with van der Waals surface area (Å²) in [5, 5.41) is 9.66. The van der Waals surface area contributed by atoms with E-state index in [4.69, 9.17) is 0 Å². The van der Waals surface area contributed by atoms with Crippen LogP contribution >= 0.6 is 11.3 Å². The number of carbonyl (C=O) groups is 1. The Kier molecular flexibility index (Phi) is 5.84. The summed E-state index contributed by atoms with van der Waals surface area (Å²) in [4.78, 5) is 51.6. The van der Waals surface area contributed by atoms with Gasteiger partial charge in [0.05, 0.1) is 10.3 Å². The molecule has 0 atom stereocenters. The van der Waals surface area contributed by atoms with Crippen LogP contribution in [-0.2, 0) is 6.54 Å². The van der Waals surface area contributed by atoms with Gasteiger partial charge in [-0.15, -0.1) is 11.3 Å². The van der Waals surface area contributed by atoms with E-state index >= 15 is 0 Å². The predicted molar refractivity (Wildman–Crippen MR) is 139 cm³/mol. The van der Waals surface area contributed by atoms with Gasteiger partial charge in [-0.3, -0.25) is 19.4 Å². The zero-order valence-electron chi connectivity index (χ0n) is 20.1. The smallest absolute Gasteiger partial charge is 0.262 e. The van der Waals surface area contributed by atoms with Crippen molar-refractivity contribution in [1.29, 1.82) is 0 Å². The number of thiophene rings is 1. The number of nitrogens with one attached hydrogen (secondary N) is 2. The van der Waals surface area contributed by atoms with Gasteiger partial charge in [-0.1, -0.05) is 6.07 Å². The molecule has 1 amide bonds. The normalized spacial score (nSPS) is 11.2. The van der Waals surface area contributed by atoms with Gasteiger partial charge in [0.15, 0.2) is 0 Å². The van der Waals surface area contributed by atoms with E-state index in [1.54, 1.807) is 36.6 Å². The third-order valence-electron chi connectivity index (χ3n) is 5.95. The molecule has 5 rings (SSSR count). The molecule has 0 unspecified atom stereocenters. The molecule has 5 aromatic rings. The first-order chi connectivity index (χ1) is 17.3. The molecule has 0 saturated heterocycles. The second kappa shape index (κ2) is 9.00. The highest BCUT2D eigenvalue weighted by atomic mass is 32.1. The molecule has 0 bridgehead atoms. The number of aromatic amines is 1. The van der Waals surface area contributed by atoms with Crippen LogP contribution in [0.2, 0.25) is 0 Å². The molecule has 5 aromatic heterocycles. The Morgan fingerprint density at radius 1 is 1.14 bits per heavy atom. The van der Waals surface area contributed by atoms with Crippen molar-refractivity contribution in [2.24, 2.45) is 0 Å². The van der Waals surface area contributed by atoms with E-state index in [0.717, 1.165) is 10.6 Å². The van der Waals surface area contributed by atoms with Crippen LogP contribution in [0, 0.1) is 20.8 Å². The van der Waals surface area contributed by atoms with Gasteiger partial charge in [-0.2, -0.15) is 9.78 Å². The molecule has 2 N–H and O–H groups in total. The molecule has 0 aliphatic heterocycles. The molecule has 10 nitrogen and oxygen atoms in total. The standard InChI is InChI=1S/C25H23N7O3S/c1-5-31-12-17(21(33)16-9-8-13(2)26-22(16)31)24(35)28-20-11-18(19-7-6-10-36-19)30-32(20)25-27-15(4)14(3)23(34)29-25/h6-12H,5H2,1-4H3,(H,28,35)(H,27,29,34). The van der Waals surface area contributed by atoms with Gasteiger partial charge in [-0.05, 0) is 51.3 Å². The number of aromatic nitrogens is 6. The van der Waals surface area contributed by atoms with E-state index in [9.17, 15) is 14.4 Å².